The molecule has 0 spiro atoms. The second-order valence-corrected chi connectivity index (χ2v) is 7.21. The van der Waals surface area contributed by atoms with E-state index < -0.39 is 5.43 Å². The van der Waals surface area contributed by atoms with E-state index in [0.717, 1.165) is 28.0 Å². The fraction of sp³-hybridized carbons (Fsp3) is 0.429. The molecule has 1 aliphatic rings. The van der Waals surface area contributed by atoms with Crippen molar-refractivity contribution in [2.75, 3.05) is 6.61 Å². The molecule has 2 N–H and O–H groups in total. The Morgan fingerprint density at radius 3 is 2.61 bits per heavy atom. The maximum atomic E-state index is 12.2. The number of esters is 1. The van der Waals surface area contributed by atoms with E-state index in [2.05, 4.69) is 0 Å². The van der Waals surface area contributed by atoms with E-state index in [4.69, 9.17) is 9.47 Å². The molecule has 1 aliphatic heterocycles. The molecule has 28 heavy (non-hydrogen) atoms. The number of pyridine rings is 1. The molecule has 7 heteroatoms. The Bertz CT molecular complexity index is 955. The molecular formula is C21H25NO6. The Hall–Kier alpha value is -2.96. The number of carbonyl (C=O) groups excluding carboxylic acids is 1. The molecular weight excluding hydrogens is 362 g/mol. The molecule has 0 aliphatic carbocycles. The topological polar surface area (TPSA) is 98.0 Å². The van der Waals surface area contributed by atoms with E-state index in [1.165, 1.54) is 6.07 Å². The standard InChI is InChI=1S/C21H25NO6/c1-11-12(2)21-16(13(3)19(11)25)9-15(28-21)10-18(24)27-8-7-22-6-5-17(23)20(26)14(22)4/h5-6,15,25-26H,7-10H2,1-4H3. The van der Waals surface area contributed by atoms with Crippen LogP contribution in [0.3, 0.4) is 0 Å². The molecule has 0 fully saturated rings. The highest BCUT2D eigenvalue weighted by molar-refractivity contribution is 5.70. The summed E-state index contributed by atoms with van der Waals surface area (Å²) in [6.45, 7) is 7.69. The van der Waals surface area contributed by atoms with Gasteiger partial charge in [-0.05, 0) is 44.4 Å². The minimum atomic E-state index is -0.435. The zero-order valence-electron chi connectivity index (χ0n) is 16.5. The number of phenolic OH excluding ortho intramolecular Hbond substituents is 1. The van der Waals surface area contributed by atoms with Gasteiger partial charge in [-0.1, -0.05) is 0 Å². The molecule has 1 unspecified atom stereocenters. The highest BCUT2D eigenvalue weighted by atomic mass is 16.5. The first-order valence-electron chi connectivity index (χ1n) is 9.23. The molecule has 2 aromatic rings. The SMILES string of the molecule is Cc1c(C)c2c(c(C)c1O)CC(CC(=O)OCCn1ccc(=O)c(O)c1C)O2. The van der Waals surface area contributed by atoms with Crippen LogP contribution in [0.15, 0.2) is 17.1 Å². The second kappa shape index (κ2) is 7.58. The van der Waals surface area contributed by atoms with Crippen LogP contribution >= 0.6 is 0 Å². The number of hydrogen-bond acceptors (Lipinski definition) is 6. The Morgan fingerprint density at radius 1 is 1.18 bits per heavy atom. The molecule has 1 atom stereocenters. The van der Waals surface area contributed by atoms with Crippen molar-refractivity contribution in [3.8, 4) is 17.2 Å². The lowest BCUT2D eigenvalue weighted by molar-refractivity contribution is -0.145. The van der Waals surface area contributed by atoms with Gasteiger partial charge in [0.1, 0.15) is 24.2 Å². The Balaban J connectivity index is 1.57. The highest BCUT2D eigenvalue weighted by Gasteiger charge is 2.30. The summed E-state index contributed by atoms with van der Waals surface area (Å²) in [5.74, 6) is 0.361. The normalized spacial score (nSPS) is 15.2. The summed E-state index contributed by atoms with van der Waals surface area (Å²) in [7, 11) is 0. The number of hydrogen-bond donors (Lipinski definition) is 2. The van der Waals surface area contributed by atoms with Crippen LogP contribution in [0.4, 0.5) is 0 Å². The van der Waals surface area contributed by atoms with Crippen LogP contribution in [0.25, 0.3) is 0 Å². The summed E-state index contributed by atoms with van der Waals surface area (Å²) < 4.78 is 12.9. The van der Waals surface area contributed by atoms with Crippen molar-refractivity contribution >= 4 is 5.97 Å². The molecule has 7 nitrogen and oxygen atoms in total. The molecule has 0 bridgehead atoms. The summed E-state index contributed by atoms with van der Waals surface area (Å²) in [6.07, 6.45) is 1.90. The Morgan fingerprint density at radius 2 is 1.89 bits per heavy atom. The van der Waals surface area contributed by atoms with Crippen molar-refractivity contribution in [2.24, 2.45) is 0 Å². The van der Waals surface area contributed by atoms with Crippen molar-refractivity contribution in [2.45, 2.75) is 53.2 Å². The van der Waals surface area contributed by atoms with E-state index in [0.29, 0.717) is 18.7 Å². The number of benzene rings is 1. The molecule has 3 rings (SSSR count). The van der Waals surface area contributed by atoms with Crippen LogP contribution in [0, 0.1) is 27.7 Å². The number of aromatic hydroxyl groups is 2. The predicted octanol–water partition coefficient (Wildman–Crippen LogP) is 2.43. The van der Waals surface area contributed by atoms with Crippen LogP contribution in [-0.2, 0) is 22.5 Å². The molecule has 0 saturated carbocycles. The predicted molar refractivity (Wildman–Crippen MR) is 103 cm³/mol. The minimum absolute atomic E-state index is 0.113. The van der Waals surface area contributed by atoms with E-state index in [-0.39, 0.29) is 36.6 Å². The van der Waals surface area contributed by atoms with Crippen LogP contribution < -0.4 is 10.2 Å². The van der Waals surface area contributed by atoms with Gasteiger partial charge in [0.25, 0.3) is 0 Å². The Kier molecular flexibility index (Phi) is 5.36. The van der Waals surface area contributed by atoms with Gasteiger partial charge in [0.05, 0.1) is 18.7 Å². The number of nitrogens with zero attached hydrogens (tertiary/aromatic N) is 1. The van der Waals surface area contributed by atoms with Gasteiger partial charge in [0, 0.05) is 24.2 Å². The maximum Gasteiger partial charge on any atom is 0.309 e. The number of aromatic nitrogens is 1. The van der Waals surface area contributed by atoms with Gasteiger partial charge in [-0.15, -0.1) is 0 Å². The van der Waals surface area contributed by atoms with Gasteiger partial charge >= 0.3 is 5.97 Å². The molecule has 150 valence electrons. The van der Waals surface area contributed by atoms with E-state index in [1.54, 1.807) is 17.7 Å². The average Bonchev–Trinajstić information content (AvgIpc) is 3.08. The van der Waals surface area contributed by atoms with Crippen molar-refractivity contribution in [3.05, 3.63) is 50.4 Å². The molecule has 0 amide bonds. The summed E-state index contributed by atoms with van der Waals surface area (Å²) >= 11 is 0. The fourth-order valence-electron chi connectivity index (χ4n) is 3.53. The lowest BCUT2D eigenvalue weighted by Gasteiger charge is -2.14. The van der Waals surface area contributed by atoms with Gasteiger partial charge < -0.3 is 24.3 Å². The third kappa shape index (κ3) is 3.56. The summed E-state index contributed by atoms with van der Waals surface area (Å²) in [5, 5.41) is 19.9. The molecule has 0 radical (unpaired) electrons. The van der Waals surface area contributed by atoms with Crippen LogP contribution in [0.1, 0.15) is 34.4 Å². The van der Waals surface area contributed by atoms with E-state index in [9.17, 15) is 19.8 Å². The summed E-state index contributed by atoms with van der Waals surface area (Å²) in [5.41, 5.74) is 3.41. The number of phenols is 1. The summed E-state index contributed by atoms with van der Waals surface area (Å²) in [6, 6.07) is 1.27. The maximum absolute atomic E-state index is 12.2. The fourth-order valence-corrected chi connectivity index (χ4v) is 3.53. The number of carbonyl (C=O) groups is 1. The molecule has 2 heterocycles. The number of rotatable bonds is 5. The highest BCUT2D eigenvalue weighted by Crippen LogP contribution is 2.42. The zero-order chi connectivity index (χ0) is 20.6. The quantitative estimate of drug-likeness (QED) is 0.765. The van der Waals surface area contributed by atoms with Crippen molar-refractivity contribution in [1.82, 2.24) is 4.57 Å². The smallest absolute Gasteiger partial charge is 0.309 e. The van der Waals surface area contributed by atoms with E-state index in [1.807, 2.05) is 20.8 Å². The van der Waals surface area contributed by atoms with E-state index >= 15 is 0 Å². The zero-order valence-corrected chi connectivity index (χ0v) is 16.5. The Labute approximate surface area is 163 Å². The lowest BCUT2D eigenvalue weighted by Crippen LogP contribution is -2.22. The van der Waals surface area contributed by atoms with Crippen molar-refractivity contribution in [3.63, 3.8) is 0 Å². The number of fused-ring (bicyclic) bond motifs is 1. The third-order valence-corrected chi connectivity index (χ3v) is 5.46. The lowest BCUT2D eigenvalue weighted by atomic mass is 9.96. The van der Waals surface area contributed by atoms with Crippen molar-refractivity contribution in [1.29, 1.82) is 0 Å². The van der Waals surface area contributed by atoms with Gasteiger partial charge in [0.15, 0.2) is 5.75 Å². The first-order valence-corrected chi connectivity index (χ1v) is 9.23. The molecule has 1 aromatic carbocycles. The van der Waals surface area contributed by atoms with Gasteiger partial charge in [0.2, 0.25) is 5.43 Å². The average molecular weight is 387 g/mol. The summed E-state index contributed by atoms with van der Waals surface area (Å²) in [4.78, 5) is 23.6. The van der Waals surface area contributed by atoms with Crippen LogP contribution in [-0.4, -0.2) is 33.5 Å². The molecule has 0 saturated heterocycles. The second-order valence-electron chi connectivity index (χ2n) is 7.21. The molecule has 1 aromatic heterocycles. The largest absolute Gasteiger partial charge is 0.507 e. The third-order valence-electron chi connectivity index (χ3n) is 5.46. The number of ether oxygens (including phenoxy) is 2. The van der Waals surface area contributed by atoms with Gasteiger partial charge in [-0.3, -0.25) is 9.59 Å². The van der Waals surface area contributed by atoms with Gasteiger partial charge in [-0.25, -0.2) is 0 Å². The first kappa shape index (κ1) is 19.8. The van der Waals surface area contributed by atoms with Crippen molar-refractivity contribution < 1.29 is 24.5 Å². The minimum Gasteiger partial charge on any atom is -0.507 e. The van der Waals surface area contributed by atoms with Gasteiger partial charge in [-0.2, -0.15) is 0 Å². The first-order chi connectivity index (χ1) is 13.2. The van der Waals surface area contributed by atoms with Crippen LogP contribution in [0.5, 0.6) is 17.2 Å². The van der Waals surface area contributed by atoms with Crippen LogP contribution in [0.2, 0.25) is 0 Å². The monoisotopic (exact) mass is 387 g/mol.